The molecule has 1 aliphatic rings. The topological polar surface area (TPSA) is 67.4 Å². The molecule has 0 spiro atoms. The quantitative estimate of drug-likeness (QED) is 0.527. The van der Waals surface area contributed by atoms with E-state index in [2.05, 4.69) is 9.97 Å². The average Bonchev–Trinajstić information content (AvgIpc) is 2.62. The molecule has 25 heavy (non-hydrogen) atoms. The van der Waals surface area contributed by atoms with E-state index in [0.717, 1.165) is 22.4 Å². The molecule has 0 aliphatic carbocycles. The first-order valence-corrected chi connectivity index (χ1v) is 8.41. The Labute approximate surface area is 149 Å². The van der Waals surface area contributed by atoms with Gasteiger partial charge < -0.3 is 19.6 Å². The largest absolute Gasteiger partial charge is 0.504 e. The van der Waals surface area contributed by atoms with Gasteiger partial charge >= 0.3 is 0 Å². The van der Waals surface area contributed by atoms with Crippen molar-refractivity contribution in [2.24, 2.45) is 0 Å². The number of rotatable bonds is 3. The zero-order valence-electron chi connectivity index (χ0n) is 13.6. The number of fused-ring (bicyclic) bond motifs is 2. The lowest BCUT2D eigenvalue weighted by Gasteiger charge is -2.21. The van der Waals surface area contributed by atoms with Crippen LogP contribution in [-0.2, 0) is 6.42 Å². The molecule has 3 aromatic rings. The maximum atomic E-state index is 10.0. The Bertz CT molecular complexity index is 1010. The predicted octanol–water partition coefficient (Wildman–Crippen LogP) is 4.61. The van der Waals surface area contributed by atoms with Crippen LogP contribution in [0.4, 0.5) is 0 Å². The van der Waals surface area contributed by atoms with E-state index < -0.39 is 0 Å². The van der Waals surface area contributed by atoms with Crippen LogP contribution in [0.3, 0.4) is 0 Å². The van der Waals surface area contributed by atoms with E-state index in [1.807, 2.05) is 37.3 Å². The number of aromatic hydroxyl groups is 1. The number of para-hydroxylation sites is 1. The molecule has 6 heteroatoms. The average molecular weight is 352 g/mol. The highest BCUT2D eigenvalue weighted by Crippen LogP contribution is 2.41. The molecule has 0 fully saturated rings. The maximum absolute atomic E-state index is 10.0. The summed E-state index contributed by atoms with van der Waals surface area (Å²) in [6.45, 7) is 2.53. The fourth-order valence-electron chi connectivity index (χ4n) is 2.88. The van der Waals surface area contributed by atoms with Crippen molar-refractivity contribution in [2.75, 3.05) is 6.61 Å². The number of H-pyrrole nitrogens is 1. The lowest BCUT2D eigenvalue weighted by molar-refractivity contribution is 0.340. The molecular formula is C19H16N2O3S. The van der Waals surface area contributed by atoms with Crippen LogP contribution in [0.1, 0.15) is 18.1 Å². The molecule has 0 unspecified atom stereocenters. The summed E-state index contributed by atoms with van der Waals surface area (Å²) in [5, 5.41) is 10.0. The maximum Gasteiger partial charge on any atom is 0.205 e. The van der Waals surface area contributed by atoms with Crippen LogP contribution < -0.4 is 9.47 Å². The Kier molecular flexibility index (Phi) is 3.89. The second-order valence-electron chi connectivity index (χ2n) is 5.70. The fraction of sp³-hybridized carbons (Fsp3) is 0.158. The minimum atomic E-state index is 0.110. The van der Waals surface area contributed by atoms with Crippen LogP contribution >= 0.6 is 12.2 Å². The molecule has 0 amide bonds. The second-order valence-corrected chi connectivity index (χ2v) is 6.09. The third kappa shape index (κ3) is 2.85. The fourth-order valence-corrected chi connectivity index (χ4v) is 3.13. The van der Waals surface area contributed by atoms with Crippen molar-refractivity contribution in [2.45, 2.75) is 13.3 Å². The number of phenols is 1. The number of benzene rings is 2. The Balaban J connectivity index is 1.79. The first-order chi connectivity index (χ1) is 12.2. The van der Waals surface area contributed by atoms with Gasteiger partial charge in [-0.25, -0.2) is 4.98 Å². The summed E-state index contributed by atoms with van der Waals surface area (Å²) >= 11 is 5.47. The third-order valence-electron chi connectivity index (χ3n) is 4.04. The van der Waals surface area contributed by atoms with E-state index in [4.69, 9.17) is 21.7 Å². The van der Waals surface area contributed by atoms with Gasteiger partial charge in [-0.3, -0.25) is 0 Å². The lowest BCUT2D eigenvalue weighted by Crippen LogP contribution is -2.08. The van der Waals surface area contributed by atoms with Gasteiger partial charge in [0.2, 0.25) is 5.88 Å². The number of phenolic OH excluding ortho intramolecular Hbond substituents is 1. The summed E-state index contributed by atoms with van der Waals surface area (Å²) in [4.78, 5) is 7.71. The Morgan fingerprint density at radius 2 is 2.12 bits per heavy atom. The summed E-state index contributed by atoms with van der Waals surface area (Å²) in [6.07, 6.45) is 0.570. The Hall–Kier alpha value is -2.86. The molecule has 0 atom stereocenters. The summed E-state index contributed by atoms with van der Waals surface area (Å²) in [5.74, 6) is 2.46. The van der Waals surface area contributed by atoms with Crippen LogP contribution in [-0.4, -0.2) is 21.7 Å². The van der Waals surface area contributed by atoms with Crippen molar-refractivity contribution in [1.29, 1.82) is 0 Å². The van der Waals surface area contributed by atoms with Gasteiger partial charge in [0.05, 0.1) is 12.2 Å². The van der Waals surface area contributed by atoms with Crippen molar-refractivity contribution in [3.63, 3.8) is 0 Å². The highest BCUT2D eigenvalue weighted by atomic mass is 32.1. The van der Waals surface area contributed by atoms with Gasteiger partial charge in [-0.1, -0.05) is 36.5 Å². The predicted molar refractivity (Wildman–Crippen MR) is 97.0 cm³/mol. The van der Waals surface area contributed by atoms with Gasteiger partial charge in [0, 0.05) is 17.5 Å². The lowest BCUT2D eigenvalue weighted by atomic mass is 10.0. The number of nitrogens with zero attached hydrogens (tertiary/aromatic N) is 1. The standard InChI is InChI=1S/C19H16N2O3S/c1-2-23-13-7-3-6-12(9-13)17-20-18-14(19(25)21-17)10-11-5-4-8-15(22)16(11)24-18/h3-9,22H,2,10H2,1H3,(H,20,21,25). The van der Waals surface area contributed by atoms with Crippen molar-refractivity contribution in [3.05, 3.63) is 58.2 Å². The summed E-state index contributed by atoms with van der Waals surface area (Å²) in [7, 11) is 0. The minimum absolute atomic E-state index is 0.110. The molecule has 0 saturated carbocycles. The van der Waals surface area contributed by atoms with Crippen LogP contribution in [0.15, 0.2) is 42.5 Å². The van der Waals surface area contributed by atoms with Crippen molar-refractivity contribution >= 4 is 12.2 Å². The molecule has 2 aromatic carbocycles. The molecule has 126 valence electrons. The van der Waals surface area contributed by atoms with Gasteiger partial charge in [-0.2, -0.15) is 0 Å². The normalized spacial score (nSPS) is 12.0. The SMILES string of the molecule is CCOc1cccc(-c2nc(=S)c3c([nH]2)Oc2c(O)cccc2C3)c1. The zero-order valence-corrected chi connectivity index (χ0v) is 14.4. The number of aromatic nitrogens is 2. The number of ether oxygens (including phenoxy) is 2. The summed E-state index contributed by atoms with van der Waals surface area (Å²) in [5.41, 5.74) is 2.56. The van der Waals surface area contributed by atoms with E-state index in [1.54, 1.807) is 12.1 Å². The highest BCUT2D eigenvalue weighted by Gasteiger charge is 2.22. The highest BCUT2D eigenvalue weighted by molar-refractivity contribution is 7.71. The monoisotopic (exact) mass is 352 g/mol. The summed E-state index contributed by atoms with van der Waals surface area (Å²) in [6, 6.07) is 12.9. The molecule has 0 saturated heterocycles. The molecule has 1 aliphatic heterocycles. The van der Waals surface area contributed by atoms with Crippen molar-refractivity contribution in [3.8, 4) is 34.5 Å². The van der Waals surface area contributed by atoms with Crippen LogP contribution in [0.2, 0.25) is 0 Å². The third-order valence-corrected chi connectivity index (χ3v) is 4.38. The second kappa shape index (κ2) is 6.22. The van der Waals surface area contributed by atoms with Gasteiger partial charge in [-0.05, 0) is 25.1 Å². The number of aromatic amines is 1. The Morgan fingerprint density at radius 3 is 2.96 bits per heavy atom. The van der Waals surface area contributed by atoms with Crippen molar-refractivity contribution in [1.82, 2.24) is 9.97 Å². The van der Waals surface area contributed by atoms with Crippen LogP contribution in [0.25, 0.3) is 11.4 Å². The van der Waals surface area contributed by atoms with E-state index in [1.165, 1.54) is 0 Å². The first-order valence-electron chi connectivity index (χ1n) is 8.01. The van der Waals surface area contributed by atoms with E-state index in [-0.39, 0.29) is 5.75 Å². The van der Waals surface area contributed by atoms with E-state index >= 15 is 0 Å². The van der Waals surface area contributed by atoms with Gasteiger partial charge in [0.1, 0.15) is 16.2 Å². The minimum Gasteiger partial charge on any atom is -0.504 e. The molecule has 2 N–H and O–H groups in total. The van der Waals surface area contributed by atoms with E-state index in [9.17, 15) is 5.11 Å². The van der Waals surface area contributed by atoms with Crippen LogP contribution in [0.5, 0.6) is 23.1 Å². The first kappa shape index (κ1) is 15.7. The molecular weight excluding hydrogens is 336 g/mol. The molecule has 2 heterocycles. The molecule has 1 aromatic heterocycles. The number of hydrogen-bond donors (Lipinski definition) is 2. The van der Waals surface area contributed by atoms with Gasteiger partial charge in [0.15, 0.2) is 11.5 Å². The molecule has 5 nitrogen and oxygen atoms in total. The van der Waals surface area contributed by atoms with Gasteiger partial charge in [-0.15, -0.1) is 0 Å². The van der Waals surface area contributed by atoms with Gasteiger partial charge in [0.25, 0.3) is 0 Å². The van der Waals surface area contributed by atoms with Crippen molar-refractivity contribution < 1.29 is 14.6 Å². The Morgan fingerprint density at radius 1 is 1.28 bits per heavy atom. The summed E-state index contributed by atoms with van der Waals surface area (Å²) < 4.78 is 11.9. The van der Waals surface area contributed by atoms with E-state index in [0.29, 0.717) is 35.1 Å². The zero-order chi connectivity index (χ0) is 17.4. The molecule has 4 rings (SSSR count). The molecule has 0 bridgehead atoms. The smallest absolute Gasteiger partial charge is 0.205 e. The van der Waals surface area contributed by atoms with Crippen LogP contribution in [0, 0.1) is 4.64 Å². The number of nitrogens with one attached hydrogen (secondary N) is 1. The number of hydrogen-bond acceptors (Lipinski definition) is 5. The molecule has 0 radical (unpaired) electrons.